The monoisotopic (exact) mass is 283 g/mol. The largest absolute Gasteiger partial charge is 0.378 e. The van der Waals surface area contributed by atoms with E-state index in [1.807, 2.05) is 6.92 Å². The second-order valence-electron chi connectivity index (χ2n) is 5.58. The summed E-state index contributed by atoms with van der Waals surface area (Å²) in [5, 5.41) is 3.40. The minimum atomic E-state index is -0.490. The number of ether oxygens (including phenoxy) is 1. The van der Waals surface area contributed by atoms with Gasteiger partial charge in [-0.1, -0.05) is 6.92 Å². The van der Waals surface area contributed by atoms with Gasteiger partial charge in [0.05, 0.1) is 6.10 Å². The predicted octanol–water partition coefficient (Wildman–Crippen LogP) is 3.74. The molecular formula is C16H23F2NO. The molecule has 0 spiro atoms. The number of nitrogens with one attached hydrogen (secondary N) is 1. The van der Waals surface area contributed by atoms with Crippen molar-refractivity contribution in [2.75, 3.05) is 13.2 Å². The number of hydrogen-bond donors (Lipinski definition) is 1. The van der Waals surface area contributed by atoms with Gasteiger partial charge in [-0.25, -0.2) is 8.78 Å². The molecule has 3 atom stereocenters. The van der Waals surface area contributed by atoms with E-state index in [9.17, 15) is 8.78 Å². The van der Waals surface area contributed by atoms with E-state index in [2.05, 4.69) is 12.2 Å². The minimum Gasteiger partial charge on any atom is -0.378 e. The SMILES string of the molecule is CCCNC(c1cc(C)c(F)cc1F)C1CCOC1C. The Morgan fingerprint density at radius 1 is 1.35 bits per heavy atom. The van der Waals surface area contributed by atoms with Crippen LogP contribution in [-0.2, 0) is 4.74 Å². The highest BCUT2D eigenvalue weighted by atomic mass is 19.1. The van der Waals surface area contributed by atoms with E-state index < -0.39 is 11.6 Å². The highest BCUT2D eigenvalue weighted by Gasteiger charge is 2.34. The molecule has 20 heavy (non-hydrogen) atoms. The summed E-state index contributed by atoms with van der Waals surface area (Å²) in [4.78, 5) is 0. The molecule has 4 heteroatoms. The molecule has 1 fully saturated rings. The summed E-state index contributed by atoms with van der Waals surface area (Å²) in [6, 6.07) is 2.50. The highest BCUT2D eigenvalue weighted by molar-refractivity contribution is 5.29. The molecule has 112 valence electrons. The van der Waals surface area contributed by atoms with Crippen LogP contribution in [0.3, 0.4) is 0 Å². The number of hydrogen-bond acceptors (Lipinski definition) is 2. The Hall–Kier alpha value is -1.00. The van der Waals surface area contributed by atoms with Crippen molar-refractivity contribution in [1.29, 1.82) is 0 Å². The third-order valence-corrected chi connectivity index (χ3v) is 4.09. The smallest absolute Gasteiger partial charge is 0.130 e. The lowest BCUT2D eigenvalue weighted by Crippen LogP contribution is -2.33. The lowest BCUT2D eigenvalue weighted by atomic mass is 9.87. The summed E-state index contributed by atoms with van der Waals surface area (Å²) < 4.78 is 33.2. The normalized spacial score (nSPS) is 24.1. The van der Waals surface area contributed by atoms with Gasteiger partial charge in [0, 0.05) is 30.2 Å². The van der Waals surface area contributed by atoms with E-state index in [0.29, 0.717) is 17.7 Å². The quantitative estimate of drug-likeness (QED) is 0.889. The van der Waals surface area contributed by atoms with Crippen LogP contribution < -0.4 is 5.32 Å². The molecule has 0 saturated carbocycles. The maximum Gasteiger partial charge on any atom is 0.130 e. The van der Waals surface area contributed by atoms with E-state index in [0.717, 1.165) is 25.5 Å². The summed E-state index contributed by atoms with van der Waals surface area (Å²) in [5.41, 5.74) is 1.04. The average Bonchev–Trinajstić information content (AvgIpc) is 2.82. The van der Waals surface area contributed by atoms with Crippen LogP contribution in [0.1, 0.15) is 43.9 Å². The van der Waals surface area contributed by atoms with Crippen molar-refractivity contribution in [3.8, 4) is 0 Å². The van der Waals surface area contributed by atoms with Crippen LogP contribution in [0.4, 0.5) is 8.78 Å². The van der Waals surface area contributed by atoms with Crippen molar-refractivity contribution in [1.82, 2.24) is 5.32 Å². The molecule has 0 bridgehead atoms. The molecule has 0 aliphatic carbocycles. The second kappa shape index (κ2) is 6.64. The van der Waals surface area contributed by atoms with Gasteiger partial charge >= 0.3 is 0 Å². The Labute approximate surface area is 119 Å². The molecule has 0 amide bonds. The highest BCUT2D eigenvalue weighted by Crippen LogP contribution is 2.35. The topological polar surface area (TPSA) is 21.3 Å². The number of rotatable bonds is 5. The first-order valence-electron chi connectivity index (χ1n) is 7.35. The van der Waals surface area contributed by atoms with Gasteiger partial charge in [0.1, 0.15) is 11.6 Å². The molecule has 2 nitrogen and oxygen atoms in total. The standard InChI is InChI=1S/C16H23F2NO/c1-4-6-19-16(12-5-7-20-11(12)3)13-8-10(2)14(17)9-15(13)18/h8-9,11-12,16,19H,4-7H2,1-3H3. The molecule has 1 aliphatic rings. The maximum atomic E-state index is 14.2. The van der Waals surface area contributed by atoms with Gasteiger partial charge in [-0.2, -0.15) is 0 Å². The molecule has 3 unspecified atom stereocenters. The van der Waals surface area contributed by atoms with Crippen LogP contribution >= 0.6 is 0 Å². The van der Waals surface area contributed by atoms with Crippen molar-refractivity contribution >= 4 is 0 Å². The summed E-state index contributed by atoms with van der Waals surface area (Å²) in [5.74, 6) is -0.738. The zero-order valence-corrected chi connectivity index (χ0v) is 12.4. The van der Waals surface area contributed by atoms with E-state index in [1.165, 1.54) is 0 Å². The molecule has 0 aromatic heterocycles. The molecule has 1 heterocycles. The van der Waals surface area contributed by atoms with Crippen molar-refractivity contribution in [3.63, 3.8) is 0 Å². The van der Waals surface area contributed by atoms with Gasteiger partial charge in [-0.05, 0) is 44.9 Å². The van der Waals surface area contributed by atoms with Crippen molar-refractivity contribution in [3.05, 3.63) is 34.9 Å². The van der Waals surface area contributed by atoms with Gasteiger partial charge in [-0.3, -0.25) is 0 Å². The fourth-order valence-corrected chi connectivity index (χ4v) is 2.90. The molecule has 1 N–H and O–H groups in total. The molecular weight excluding hydrogens is 260 g/mol. The van der Waals surface area contributed by atoms with Crippen LogP contribution in [0, 0.1) is 24.5 Å². The van der Waals surface area contributed by atoms with Gasteiger partial charge in [0.2, 0.25) is 0 Å². The lowest BCUT2D eigenvalue weighted by molar-refractivity contribution is 0.0949. The van der Waals surface area contributed by atoms with E-state index >= 15 is 0 Å². The minimum absolute atomic E-state index is 0.0918. The van der Waals surface area contributed by atoms with Crippen LogP contribution in [0.15, 0.2) is 12.1 Å². The molecule has 2 rings (SSSR count). The predicted molar refractivity (Wildman–Crippen MR) is 75.7 cm³/mol. The first-order valence-corrected chi connectivity index (χ1v) is 7.35. The van der Waals surface area contributed by atoms with Crippen molar-refractivity contribution in [2.45, 2.75) is 45.8 Å². The number of aryl methyl sites for hydroxylation is 1. The Morgan fingerprint density at radius 2 is 2.10 bits per heavy atom. The number of halogens is 2. The van der Waals surface area contributed by atoms with E-state index in [-0.39, 0.29) is 18.1 Å². The van der Waals surface area contributed by atoms with Crippen molar-refractivity contribution < 1.29 is 13.5 Å². The van der Waals surface area contributed by atoms with Crippen LogP contribution in [-0.4, -0.2) is 19.3 Å². The first-order chi connectivity index (χ1) is 9.54. The third kappa shape index (κ3) is 3.18. The van der Waals surface area contributed by atoms with Gasteiger partial charge < -0.3 is 10.1 Å². The summed E-state index contributed by atoms with van der Waals surface area (Å²) in [6.07, 6.45) is 1.97. The maximum absolute atomic E-state index is 14.2. The Bertz CT molecular complexity index is 464. The van der Waals surface area contributed by atoms with E-state index in [4.69, 9.17) is 4.74 Å². The van der Waals surface area contributed by atoms with E-state index in [1.54, 1.807) is 13.0 Å². The second-order valence-corrected chi connectivity index (χ2v) is 5.58. The number of benzene rings is 1. The first kappa shape index (κ1) is 15.4. The Balaban J connectivity index is 2.32. The van der Waals surface area contributed by atoms with Crippen LogP contribution in [0.25, 0.3) is 0 Å². The molecule has 1 aromatic rings. The zero-order chi connectivity index (χ0) is 14.7. The average molecular weight is 283 g/mol. The van der Waals surface area contributed by atoms with Gasteiger partial charge in [0.15, 0.2) is 0 Å². The third-order valence-electron chi connectivity index (χ3n) is 4.09. The molecule has 1 aromatic carbocycles. The Kier molecular flexibility index (Phi) is 5.11. The molecule has 1 saturated heterocycles. The lowest BCUT2D eigenvalue weighted by Gasteiger charge is -2.28. The summed E-state index contributed by atoms with van der Waals surface area (Å²) in [6.45, 7) is 7.28. The van der Waals surface area contributed by atoms with Crippen LogP contribution in [0.5, 0.6) is 0 Å². The molecule has 1 aliphatic heterocycles. The fourth-order valence-electron chi connectivity index (χ4n) is 2.90. The Morgan fingerprint density at radius 3 is 2.70 bits per heavy atom. The zero-order valence-electron chi connectivity index (χ0n) is 12.4. The summed E-state index contributed by atoms with van der Waals surface area (Å²) in [7, 11) is 0. The van der Waals surface area contributed by atoms with Gasteiger partial charge in [-0.15, -0.1) is 0 Å². The van der Waals surface area contributed by atoms with Crippen molar-refractivity contribution in [2.24, 2.45) is 5.92 Å². The van der Waals surface area contributed by atoms with Crippen LogP contribution in [0.2, 0.25) is 0 Å². The fraction of sp³-hybridized carbons (Fsp3) is 0.625. The van der Waals surface area contributed by atoms with Gasteiger partial charge in [0.25, 0.3) is 0 Å². The summed E-state index contributed by atoms with van der Waals surface area (Å²) >= 11 is 0. The molecule has 0 radical (unpaired) electrons.